The van der Waals surface area contributed by atoms with Crippen molar-refractivity contribution in [2.45, 2.75) is 31.5 Å². The molecular formula is C11H19F3N2O2. The molecule has 1 aliphatic heterocycles. The van der Waals surface area contributed by atoms with Crippen LogP contribution in [0, 0.1) is 0 Å². The molecular weight excluding hydrogens is 249 g/mol. The highest BCUT2D eigenvalue weighted by molar-refractivity contribution is 5.77. The topological polar surface area (TPSA) is 41.6 Å². The Labute approximate surface area is 104 Å². The third-order valence-electron chi connectivity index (χ3n) is 2.82. The van der Waals surface area contributed by atoms with Gasteiger partial charge in [-0.3, -0.25) is 4.79 Å². The van der Waals surface area contributed by atoms with E-state index in [0.717, 1.165) is 25.8 Å². The minimum absolute atomic E-state index is 0.232. The van der Waals surface area contributed by atoms with Crippen molar-refractivity contribution in [2.24, 2.45) is 0 Å². The lowest BCUT2D eigenvalue weighted by Gasteiger charge is -2.28. The number of nitrogens with one attached hydrogen (secondary N) is 1. The quantitative estimate of drug-likeness (QED) is 0.813. The van der Waals surface area contributed by atoms with E-state index in [9.17, 15) is 18.0 Å². The van der Waals surface area contributed by atoms with Gasteiger partial charge in [0.05, 0.1) is 0 Å². The van der Waals surface area contributed by atoms with Crippen molar-refractivity contribution in [1.82, 2.24) is 10.2 Å². The second kappa shape index (κ2) is 6.94. The molecule has 4 nitrogen and oxygen atoms in total. The molecule has 106 valence electrons. The molecule has 7 heteroatoms. The van der Waals surface area contributed by atoms with Crippen molar-refractivity contribution < 1.29 is 22.7 Å². The van der Waals surface area contributed by atoms with E-state index in [-0.39, 0.29) is 6.04 Å². The second-order valence-electron chi connectivity index (χ2n) is 4.53. The van der Waals surface area contributed by atoms with Gasteiger partial charge in [-0.25, -0.2) is 0 Å². The fourth-order valence-corrected chi connectivity index (χ4v) is 1.88. The van der Waals surface area contributed by atoms with E-state index < -0.39 is 25.3 Å². The number of likely N-dealkylation sites (N-methyl/N-ethyl adjacent to an activating group) is 1. The van der Waals surface area contributed by atoms with Gasteiger partial charge in [0.1, 0.15) is 13.2 Å². The number of piperidine rings is 1. The molecule has 1 saturated heterocycles. The molecule has 18 heavy (non-hydrogen) atoms. The van der Waals surface area contributed by atoms with Gasteiger partial charge >= 0.3 is 6.18 Å². The normalized spacial score (nSPS) is 20.8. The Kier molecular flexibility index (Phi) is 5.87. The van der Waals surface area contributed by atoms with Crippen molar-refractivity contribution in [3.63, 3.8) is 0 Å². The summed E-state index contributed by atoms with van der Waals surface area (Å²) < 4.78 is 39.8. The highest BCUT2D eigenvalue weighted by atomic mass is 19.4. The molecule has 0 spiro atoms. The number of halogens is 3. The summed E-state index contributed by atoms with van der Waals surface area (Å²) in [5.41, 5.74) is 0. The maximum Gasteiger partial charge on any atom is 0.411 e. The third kappa shape index (κ3) is 6.20. The van der Waals surface area contributed by atoms with Crippen LogP contribution in [0.15, 0.2) is 0 Å². The summed E-state index contributed by atoms with van der Waals surface area (Å²) in [5, 5.41) is 3.27. The van der Waals surface area contributed by atoms with Crippen molar-refractivity contribution >= 4 is 5.91 Å². The van der Waals surface area contributed by atoms with E-state index in [2.05, 4.69) is 10.1 Å². The molecule has 0 aromatic rings. The van der Waals surface area contributed by atoms with Crippen LogP contribution in [0.1, 0.15) is 19.3 Å². The summed E-state index contributed by atoms with van der Waals surface area (Å²) >= 11 is 0. The minimum atomic E-state index is -4.39. The van der Waals surface area contributed by atoms with Crippen LogP contribution in [0.25, 0.3) is 0 Å². The Morgan fingerprint density at radius 1 is 1.44 bits per heavy atom. The average Bonchev–Trinajstić information content (AvgIpc) is 2.28. The molecule has 1 rings (SSSR count). The Morgan fingerprint density at radius 2 is 2.17 bits per heavy atom. The first-order chi connectivity index (χ1) is 8.38. The van der Waals surface area contributed by atoms with Crippen LogP contribution in [-0.2, 0) is 9.53 Å². The number of hydrogen-bond donors (Lipinski definition) is 1. The van der Waals surface area contributed by atoms with E-state index in [1.807, 2.05) is 0 Å². The maximum absolute atomic E-state index is 11.8. The van der Waals surface area contributed by atoms with E-state index in [1.54, 1.807) is 7.05 Å². The largest absolute Gasteiger partial charge is 0.411 e. The maximum atomic E-state index is 11.8. The number of amides is 1. The van der Waals surface area contributed by atoms with Gasteiger partial charge in [0.15, 0.2) is 0 Å². The fourth-order valence-electron chi connectivity index (χ4n) is 1.88. The first kappa shape index (κ1) is 15.2. The Bertz CT molecular complexity index is 266. The predicted octanol–water partition coefficient (Wildman–Crippen LogP) is 1.17. The highest BCUT2D eigenvalue weighted by Crippen LogP contribution is 2.14. The second-order valence-corrected chi connectivity index (χ2v) is 4.53. The van der Waals surface area contributed by atoms with Gasteiger partial charge < -0.3 is 15.0 Å². The number of carbonyl (C=O) groups is 1. The summed E-state index contributed by atoms with van der Waals surface area (Å²) in [7, 11) is 1.58. The van der Waals surface area contributed by atoms with Crippen molar-refractivity contribution in [2.75, 3.05) is 33.4 Å². The molecule has 1 aliphatic rings. The molecule has 1 heterocycles. The van der Waals surface area contributed by atoms with Crippen LogP contribution in [-0.4, -0.2) is 56.4 Å². The zero-order chi connectivity index (χ0) is 13.6. The minimum Gasteiger partial charge on any atom is -0.362 e. The molecule has 0 aliphatic carbocycles. The molecule has 0 aromatic heterocycles. The number of nitrogens with zero attached hydrogens (tertiary/aromatic N) is 1. The van der Waals surface area contributed by atoms with Gasteiger partial charge in [0, 0.05) is 19.6 Å². The monoisotopic (exact) mass is 268 g/mol. The summed E-state index contributed by atoms with van der Waals surface area (Å²) in [6.07, 6.45) is -1.15. The molecule has 0 radical (unpaired) electrons. The Balaban J connectivity index is 2.19. The standard InChI is InChI=1S/C11H19F3N2O2/c1-16(6-9-4-2-3-5-15-9)10(17)7-18-8-11(12,13)14/h9,15H,2-8H2,1H3. The molecule has 1 atom stereocenters. The summed E-state index contributed by atoms with van der Waals surface area (Å²) in [6.45, 7) is -0.470. The Hall–Kier alpha value is -0.820. The van der Waals surface area contributed by atoms with E-state index in [4.69, 9.17) is 0 Å². The van der Waals surface area contributed by atoms with Crippen molar-refractivity contribution in [3.8, 4) is 0 Å². The number of rotatable bonds is 5. The smallest absolute Gasteiger partial charge is 0.362 e. The number of alkyl halides is 3. The van der Waals surface area contributed by atoms with Gasteiger partial charge in [-0.05, 0) is 19.4 Å². The zero-order valence-electron chi connectivity index (χ0n) is 10.4. The molecule has 1 unspecified atom stereocenters. The third-order valence-corrected chi connectivity index (χ3v) is 2.82. The number of carbonyl (C=O) groups excluding carboxylic acids is 1. The predicted molar refractivity (Wildman–Crippen MR) is 60.2 cm³/mol. The zero-order valence-corrected chi connectivity index (χ0v) is 10.4. The molecule has 1 amide bonds. The van der Waals surface area contributed by atoms with E-state index in [1.165, 1.54) is 4.90 Å². The van der Waals surface area contributed by atoms with Crippen LogP contribution >= 0.6 is 0 Å². The van der Waals surface area contributed by atoms with Crippen LogP contribution in [0.3, 0.4) is 0 Å². The molecule has 0 aromatic carbocycles. The molecule has 0 bridgehead atoms. The first-order valence-electron chi connectivity index (χ1n) is 6.00. The highest BCUT2D eigenvalue weighted by Gasteiger charge is 2.28. The van der Waals surface area contributed by atoms with Gasteiger partial charge in [-0.1, -0.05) is 6.42 Å². The lowest BCUT2D eigenvalue weighted by atomic mass is 10.0. The van der Waals surface area contributed by atoms with Crippen LogP contribution in [0.2, 0.25) is 0 Å². The van der Waals surface area contributed by atoms with Gasteiger partial charge in [-0.15, -0.1) is 0 Å². The molecule has 1 fully saturated rings. The van der Waals surface area contributed by atoms with Crippen molar-refractivity contribution in [3.05, 3.63) is 0 Å². The number of ether oxygens (including phenoxy) is 1. The van der Waals surface area contributed by atoms with E-state index >= 15 is 0 Å². The lowest BCUT2D eigenvalue weighted by Crippen LogP contribution is -2.45. The van der Waals surface area contributed by atoms with Gasteiger partial charge in [0.25, 0.3) is 0 Å². The summed E-state index contributed by atoms with van der Waals surface area (Å²) in [6, 6.07) is 0.232. The van der Waals surface area contributed by atoms with Gasteiger partial charge in [0.2, 0.25) is 5.91 Å². The average molecular weight is 268 g/mol. The van der Waals surface area contributed by atoms with Gasteiger partial charge in [-0.2, -0.15) is 13.2 Å². The Morgan fingerprint density at radius 3 is 2.72 bits per heavy atom. The fraction of sp³-hybridized carbons (Fsp3) is 0.909. The number of hydrogen-bond acceptors (Lipinski definition) is 3. The van der Waals surface area contributed by atoms with E-state index in [0.29, 0.717) is 6.54 Å². The van der Waals surface area contributed by atoms with Crippen LogP contribution in [0.5, 0.6) is 0 Å². The summed E-state index contributed by atoms with van der Waals surface area (Å²) in [4.78, 5) is 12.9. The molecule has 1 N–H and O–H groups in total. The van der Waals surface area contributed by atoms with Crippen LogP contribution in [0.4, 0.5) is 13.2 Å². The first-order valence-corrected chi connectivity index (χ1v) is 6.00. The SMILES string of the molecule is CN(CC1CCCCN1)C(=O)COCC(F)(F)F. The summed E-state index contributed by atoms with van der Waals surface area (Å²) in [5.74, 6) is -0.424. The van der Waals surface area contributed by atoms with Crippen molar-refractivity contribution in [1.29, 1.82) is 0 Å². The lowest BCUT2D eigenvalue weighted by molar-refractivity contribution is -0.177. The van der Waals surface area contributed by atoms with Crippen LogP contribution < -0.4 is 5.32 Å². The molecule has 0 saturated carbocycles.